The van der Waals surface area contributed by atoms with Crippen LogP contribution in [0.15, 0.2) is 12.2 Å². The van der Waals surface area contributed by atoms with Crippen molar-refractivity contribution in [2.45, 2.75) is 46.7 Å². The van der Waals surface area contributed by atoms with E-state index in [1.54, 1.807) is 0 Å². The van der Waals surface area contributed by atoms with Crippen LogP contribution in [0.25, 0.3) is 0 Å². The Hall–Kier alpha value is -0.525. The van der Waals surface area contributed by atoms with Gasteiger partial charge in [0.25, 0.3) is 0 Å². The minimum Gasteiger partial charge on any atom is -0.346 e. The topological polar surface area (TPSA) is 17.1 Å². The van der Waals surface area contributed by atoms with Gasteiger partial charge in [0.1, 0.15) is 0 Å². The van der Waals surface area contributed by atoms with E-state index in [0.29, 0.717) is 12.1 Å². The molecule has 0 aromatic rings. The van der Waals surface area contributed by atoms with Crippen molar-refractivity contribution < 1.29 is 4.79 Å². The number of carbonyl (C=O) groups is 1. The zero-order chi connectivity index (χ0) is 9.61. The number of carbonyl (C=O) groups excluding carboxylic acids is 1. The molecular formula is C10H20BO-. The maximum absolute atomic E-state index is 11.4. The van der Waals surface area contributed by atoms with Crippen molar-refractivity contribution >= 4 is 11.8 Å². The lowest BCUT2D eigenvalue weighted by Gasteiger charge is -2.20. The Morgan fingerprint density at radius 3 is 2.25 bits per heavy atom. The number of hydrogen-bond donors (Lipinski definition) is 0. The van der Waals surface area contributed by atoms with Gasteiger partial charge in [0, 0.05) is 0 Å². The van der Waals surface area contributed by atoms with Gasteiger partial charge in [-0.25, -0.2) is 0 Å². The molecule has 0 amide bonds. The van der Waals surface area contributed by atoms with Gasteiger partial charge in [0.15, 0.2) is 0 Å². The average Bonchev–Trinajstić information content (AvgIpc) is 1.96. The molecule has 0 bridgehead atoms. The summed E-state index contributed by atoms with van der Waals surface area (Å²) in [5, 5.41) is 0. The van der Waals surface area contributed by atoms with E-state index >= 15 is 0 Å². The SMILES string of the molecule is CCC/C=C/CC(=O)[B-](C)(C)C. The van der Waals surface area contributed by atoms with Crippen LogP contribution in [0.2, 0.25) is 20.5 Å². The normalized spacial score (nSPS) is 12.3. The minimum absolute atomic E-state index is 0.377. The van der Waals surface area contributed by atoms with Gasteiger partial charge in [-0.05, 0) is 18.5 Å². The summed E-state index contributed by atoms with van der Waals surface area (Å²) < 4.78 is 0. The summed E-state index contributed by atoms with van der Waals surface area (Å²) in [4.78, 5) is 11.4. The van der Waals surface area contributed by atoms with Crippen molar-refractivity contribution in [3.8, 4) is 0 Å². The van der Waals surface area contributed by atoms with Crippen molar-refractivity contribution in [3.05, 3.63) is 12.2 Å². The van der Waals surface area contributed by atoms with E-state index in [0.717, 1.165) is 12.8 Å². The van der Waals surface area contributed by atoms with E-state index in [-0.39, 0.29) is 0 Å². The van der Waals surface area contributed by atoms with Gasteiger partial charge in [-0.3, -0.25) is 0 Å². The summed E-state index contributed by atoms with van der Waals surface area (Å²) in [7, 11) is 0. The Bertz CT molecular complexity index is 165. The van der Waals surface area contributed by atoms with E-state index in [1.165, 1.54) is 0 Å². The summed E-state index contributed by atoms with van der Waals surface area (Å²) in [5.74, 6) is 0. The van der Waals surface area contributed by atoms with Crippen molar-refractivity contribution in [1.82, 2.24) is 0 Å². The highest BCUT2D eigenvalue weighted by Gasteiger charge is 2.12. The number of hydrogen-bond acceptors (Lipinski definition) is 1. The molecule has 0 saturated heterocycles. The Kier molecular flexibility index (Phi) is 4.95. The minimum atomic E-state index is -0.781. The molecule has 1 nitrogen and oxygen atoms in total. The molecule has 0 saturated carbocycles. The zero-order valence-electron chi connectivity index (χ0n) is 8.76. The van der Waals surface area contributed by atoms with Crippen molar-refractivity contribution in [3.63, 3.8) is 0 Å². The second-order valence-electron chi connectivity index (χ2n) is 4.53. The van der Waals surface area contributed by atoms with Crippen LogP contribution in [0.3, 0.4) is 0 Å². The van der Waals surface area contributed by atoms with E-state index in [4.69, 9.17) is 0 Å². The highest BCUT2D eigenvalue weighted by molar-refractivity contribution is 7.03. The second kappa shape index (κ2) is 5.18. The van der Waals surface area contributed by atoms with E-state index < -0.39 is 6.15 Å². The fourth-order valence-corrected chi connectivity index (χ4v) is 0.838. The first kappa shape index (κ1) is 11.5. The van der Waals surface area contributed by atoms with Crippen LogP contribution in [0.5, 0.6) is 0 Å². The first-order valence-corrected chi connectivity index (χ1v) is 4.94. The number of rotatable bonds is 5. The maximum Gasteiger partial charge on any atom is 0.0614 e. The molecule has 2 heteroatoms. The van der Waals surface area contributed by atoms with Crippen LogP contribution in [0.4, 0.5) is 0 Å². The average molecular weight is 167 g/mol. The molecule has 12 heavy (non-hydrogen) atoms. The van der Waals surface area contributed by atoms with Crippen molar-refractivity contribution in [2.75, 3.05) is 0 Å². The lowest BCUT2D eigenvalue weighted by Crippen LogP contribution is -2.32. The van der Waals surface area contributed by atoms with Crippen LogP contribution in [0, 0.1) is 0 Å². The molecule has 0 aromatic heterocycles. The van der Waals surface area contributed by atoms with E-state index in [9.17, 15) is 4.79 Å². The van der Waals surface area contributed by atoms with Gasteiger partial charge in [-0.2, -0.15) is 20.5 Å². The van der Waals surface area contributed by atoms with Gasteiger partial charge >= 0.3 is 0 Å². The molecular weight excluding hydrogens is 147 g/mol. The molecule has 0 rings (SSSR count). The van der Waals surface area contributed by atoms with Gasteiger partial charge in [0.05, 0.1) is 6.15 Å². The van der Waals surface area contributed by atoms with Gasteiger partial charge in [0.2, 0.25) is 0 Å². The van der Waals surface area contributed by atoms with E-state index in [1.807, 2.05) is 26.5 Å². The summed E-state index contributed by atoms with van der Waals surface area (Å²) >= 11 is 0. The maximum atomic E-state index is 11.4. The Morgan fingerprint density at radius 2 is 1.83 bits per heavy atom. The van der Waals surface area contributed by atoms with Crippen molar-refractivity contribution in [1.29, 1.82) is 0 Å². The first-order valence-electron chi connectivity index (χ1n) is 4.94. The third-order valence-electron chi connectivity index (χ3n) is 1.91. The predicted molar refractivity (Wildman–Crippen MR) is 57.0 cm³/mol. The first-order chi connectivity index (χ1) is 5.48. The lowest BCUT2D eigenvalue weighted by atomic mass is 9.27. The van der Waals surface area contributed by atoms with Gasteiger partial charge in [-0.1, -0.05) is 25.5 Å². The van der Waals surface area contributed by atoms with Gasteiger partial charge in [-0.15, -0.1) is 0 Å². The molecule has 0 N–H and O–H groups in total. The van der Waals surface area contributed by atoms with Crippen LogP contribution in [-0.4, -0.2) is 11.8 Å². The molecule has 0 radical (unpaired) electrons. The zero-order valence-corrected chi connectivity index (χ0v) is 8.76. The fraction of sp³-hybridized carbons (Fsp3) is 0.700. The van der Waals surface area contributed by atoms with Crippen LogP contribution < -0.4 is 0 Å². The van der Waals surface area contributed by atoms with Gasteiger partial charge < -0.3 is 4.79 Å². The monoisotopic (exact) mass is 167 g/mol. The van der Waals surface area contributed by atoms with E-state index in [2.05, 4.69) is 13.0 Å². The third-order valence-corrected chi connectivity index (χ3v) is 1.91. The lowest BCUT2D eigenvalue weighted by molar-refractivity contribution is -0.111. The molecule has 0 aliphatic heterocycles. The Morgan fingerprint density at radius 1 is 1.25 bits per heavy atom. The highest BCUT2D eigenvalue weighted by atomic mass is 16.1. The summed E-state index contributed by atoms with van der Waals surface area (Å²) in [6, 6.07) is 0. The largest absolute Gasteiger partial charge is 0.346 e. The Labute approximate surface area is 76.2 Å². The van der Waals surface area contributed by atoms with Crippen molar-refractivity contribution in [2.24, 2.45) is 0 Å². The van der Waals surface area contributed by atoms with Crippen LogP contribution >= 0.6 is 0 Å². The van der Waals surface area contributed by atoms with Crippen LogP contribution in [-0.2, 0) is 4.79 Å². The molecule has 0 aromatic carbocycles. The summed E-state index contributed by atoms with van der Waals surface area (Å²) in [5.41, 5.74) is 0.377. The smallest absolute Gasteiger partial charge is 0.0614 e. The quantitative estimate of drug-likeness (QED) is 0.454. The molecule has 0 atom stereocenters. The molecule has 0 unspecified atom stereocenters. The molecule has 0 heterocycles. The number of unbranched alkanes of at least 4 members (excludes halogenated alkanes) is 1. The molecule has 0 spiro atoms. The summed E-state index contributed by atoms with van der Waals surface area (Å²) in [6.45, 7) is 8.21. The summed E-state index contributed by atoms with van der Waals surface area (Å²) in [6.07, 6.45) is 6.18. The molecule has 0 aliphatic carbocycles. The van der Waals surface area contributed by atoms with Crippen LogP contribution in [0.1, 0.15) is 26.2 Å². The predicted octanol–water partition coefficient (Wildman–Crippen LogP) is 3.18. The third kappa shape index (κ3) is 5.17. The standard InChI is InChI=1S/C10H20BO/c1-5-6-7-8-9-10(12)11(2,3)4/h7-8H,5-6,9H2,1-4H3/q-1/b8-7+. The molecule has 0 fully saturated rings. The molecule has 0 aliphatic rings. The molecule has 70 valence electrons. The Balaban J connectivity index is 3.72. The highest BCUT2D eigenvalue weighted by Crippen LogP contribution is 2.05. The fourth-order valence-electron chi connectivity index (χ4n) is 0.838. The number of allylic oxidation sites excluding steroid dienone is 2. The second-order valence-corrected chi connectivity index (χ2v) is 4.53.